The molecule has 2 aliphatic heterocycles. The molecular weight excluding hydrogens is 392 g/mol. The summed E-state index contributed by atoms with van der Waals surface area (Å²) < 4.78 is 7.45. The second kappa shape index (κ2) is 7.52. The van der Waals surface area contributed by atoms with Gasteiger partial charge in [-0.05, 0) is 43.9 Å². The molecule has 5 rings (SSSR count). The zero-order chi connectivity index (χ0) is 21.6. The molecule has 5 heterocycles. The molecule has 8 nitrogen and oxygen atoms in total. The molecule has 0 radical (unpaired) electrons. The lowest BCUT2D eigenvalue weighted by atomic mass is 10.0. The summed E-state index contributed by atoms with van der Waals surface area (Å²) in [6.45, 7) is 7.79. The minimum atomic E-state index is -0.955. The fourth-order valence-electron chi connectivity index (χ4n) is 4.51. The quantitative estimate of drug-likeness (QED) is 0.654. The van der Waals surface area contributed by atoms with E-state index in [0.29, 0.717) is 23.1 Å². The van der Waals surface area contributed by atoms with Crippen LogP contribution in [0.25, 0.3) is 16.6 Å². The minimum Gasteiger partial charge on any atom is -0.489 e. The minimum absolute atomic E-state index is 0.146. The van der Waals surface area contributed by atoms with E-state index < -0.39 is 5.60 Å². The van der Waals surface area contributed by atoms with Gasteiger partial charge < -0.3 is 20.1 Å². The maximum Gasteiger partial charge on any atom is 0.138 e. The molecule has 0 bridgehead atoms. The Hall–Kier alpha value is -3.15. The Balaban J connectivity index is 1.48. The van der Waals surface area contributed by atoms with Gasteiger partial charge in [0.05, 0.1) is 29.1 Å². The van der Waals surface area contributed by atoms with Crippen LogP contribution in [-0.4, -0.2) is 58.1 Å². The van der Waals surface area contributed by atoms with Crippen molar-refractivity contribution in [2.24, 2.45) is 11.8 Å². The van der Waals surface area contributed by atoms with E-state index in [9.17, 15) is 10.4 Å². The number of nitriles is 1. The van der Waals surface area contributed by atoms with Gasteiger partial charge in [0.2, 0.25) is 0 Å². The van der Waals surface area contributed by atoms with Crippen LogP contribution in [0.15, 0.2) is 36.8 Å². The summed E-state index contributed by atoms with van der Waals surface area (Å²) in [6, 6.07) is 8.19. The SMILES string of the molecule is CC(C)(O)COc1cc(-c2ccc(N3C[C@H]4CNC[C@H]4C3)nc2)c2c(C#N)cnn2c1. The van der Waals surface area contributed by atoms with Crippen molar-refractivity contribution < 1.29 is 9.84 Å². The Morgan fingerprint density at radius 3 is 2.68 bits per heavy atom. The smallest absolute Gasteiger partial charge is 0.138 e. The zero-order valence-electron chi connectivity index (χ0n) is 17.7. The number of nitrogens with zero attached hydrogens (tertiary/aromatic N) is 5. The lowest BCUT2D eigenvalue weighted by Crippen LogP contribution is -2.27. The monoisotopic (exact) mass is 418 g/mol. The third-order valence-electron chi connectivity index (χ3n) is 6.07. The second-order valence-corrected chi connectivity index (χ2v) is 9.14. The van der Waals surface area contributed by atoms with E-state index in [-0.39, 0.29) is 6.61 Å². The third kappa shape index (κ3) is 3.82. The first-order valence-electron chi connectivity index (χ1n) is 10.6. The molecule has 0 unspecified atom stereocenters. The molecule has 31 heavy (non-hydrogen) atoms. The average Bonchev–Trinajstić information content (AvgIpc) is 3.45. The van der Waals surface area contributed by atoms with Crippen molar-refractivity contribution in [2.75, 3.05) is 37.7 Å². The van der Waals surface area contributed by atoms with E-state index in [4.69, 9.17) is 9.72 Å². The molecule has 3 aromatic rings. The number of fused-ring (bicyclic) bond motifs is 2. The molecule has 2 saturated heterocycles. The Kier molecular flexibility index (Phi) is 4.80. The third-order valence-corrected chi connectivity index (χ3v) is 6.07. The molecule has 8 heteroatoms. The van der Waals surface area contributed by atoms with Gasteiger partial charge in [-0.15, -0.1) is 0 Å². The van der Waals surface area contributed by atoms with Crippen LogP contribution in [0.2, 0.25) is 0 Å². The number of anilines is 1. The molecule has 0 aromatic carbocycles. The van der Waals surface area contributed by atoms with Crippen LogP contribution >= 0.6 is 0 Å². The molecule has 0 saturated carbocycles. The topological polar surface area (TPSA) is 98.7 Å². The summed E-state index contributed by atoms with van der Waals surface area (Å²) >= 11 is 0. The first-order chi connectivity index (χ1) is 14.9. The van der Waals surface area contributed by atoms with E-state index in [1.54, 1.807) is 30.8 Å². The number of rotatable bonds is 5. The molecule has 0 amide bonds. The van der Waals surface area contributed by atoms with E-state index >= 15 is 0 Å². The number of hydrogen-bond donors (Lipinski definition) is 2. The lowest BCUT2D eigenvalue weighted by molar-refractivity contribution is 0.0283. The normalized spacial score (nSPS) is 20.8. The van der Waals surface area contributed by atoms with Crippen LogP contribution in [-0.2, 0) is 0 Å². The van der Waals surface area contributed by atoms with Crippen molar-refractivity contribution in [1.29, 1.82) is 5.26 Å². The van der Waals surface area contributed by atoms with Gasteiger partial charge in [-0.2, -0.15) is 10.4 Å². The highest BCUT2D eigenvalue weighted by atomic mass is 16.5. The number of aromatic nitrogens is 3. The molecule has 0 spiro atoms. The van der Waals surface area contributed by atoms with Gasteiger partial charge in [0.15, 0.2) is 0 Å². The van der Waals surface area contributed by atoms with Crippen molar-refractivity contribution in [3.63, 3.8) is 0 Å². The molecule has 0 aliphatic carbocycles. The number of pyridine rings is 2. The van der Waals surface area contributed by atoms with Crippen LogP contribution < -0.4 is 15.0 Å². The summed E-state index contributed by atoms with van der Waals surface area (Å²) in [5.41, 5.74) is 1.97. The van der Waals surface area contributed by atoms with Gasteiger partial charge in [-0.3, -0.25) is 0 Å². The predicted molar refractivity (Wildman–Crippen MR) is 117 cm³/mol. The van der Waals surface area contributed by atoms with Crippen LogP contribution in [0, 0.1) is 23.2 Å². The van der Waals surface area contributed by atoms with Gasteiger partial charge >= 0.3 is 0 Å². The fourth-order valence-corrected chi connectivity index (χ4v) is 4.51. The highest BCUT2D eigenvalue weighted by Crippen LogP contribution is 2.33. The molecule has 2 atom stereocenters. The summed E-state index contributed by atoms with van der Waals surface area (Å²) in [4.78, 5) is 7.10. The summed E-state index contributed by atoms with van der Waals surface area (Å²) in [5, 5.41) is 27.3. The van der Waals surface area contributed by atoms with Crippen LogP contribution in [0.1, 0.15) is 19.4 Å². The number of nitrogens with one attached hydrogen (secondary N) is 1. The zero-order valence-corrected chi connectivity index (χ0v) is 17.7. The Bertz CT molecular complexity index is 1130. The largest absolute Gasteiger partial charge is 0.489 e. The van der Waals surface area contributed by atoms with E-state index in [1.807, 2.05) is 24.4 Å². The van der Waals surface area contributed by atoms with Crippen molar-refractivity contribution in [1.82, 2.24) is 19.9 Å². The molecule has 2 fully saturated rings. The maximum absolute atomic E-state index is 10.0. The number of aliphatic hydroxyl groups is 1. The summed E-state index contributed by atoms with van der Waals surface area (Å²) in [6.07, 6.45) is 5.13. The first-order valence-corrected chi connectivity index (χ1v) is 10.6. The van der Waals surface area contributed by atoms with Crippen molar-refractivity contribution >= 4 is 11.3 Å². The van der Waals surface area contributed by atoms with Gasteiger partial charge in [-0.25, -0.2) is 9.50 Å². The highest BCUT2D eigenvalue weighted by Gasteiger charge is 2.36. The van der Waals surface area contributed by atoms with Gasteiger partial charge in [0.25, 0.3) is 0 Å². The Morgan fingerprint density at radius 2 is 2.03 bits per heavy atom. The number of ether oxygens (including phenoxy) is 1. The van der Waals surface area contributed by atoms with Crippen LogP contribution in [0.4, 0.5) is 5.82 Å². The standard InChI is InChI=1S/C23H26N6O2/c1-23(2,30)14-31-19-5-20(22-16(6-24)10-27-29(22)13-19)15-3-4-21(26-9-15)28-11-17-7-25-8-18(17)12-28/h3-5,9-10,13,17-18,25,30H,7-8,11-12,14H2,1-2H3/t17-,18+. The maximum atomic E-state index is 10.0. The molecule has 3 aromatic heterocycles. The Morgan fingerprint density at radius 1 is 1.26 bits per heavy atom. The molecule has 2 N–H and O–H groups in total. The lowest BCUT2D eigenvalue weighted by Gasteiger charge is -2.19. The molecule has 160 valence electrons. The van der Waals surface area contributed by atoms with E-state index in [0.717, 1.165) is 48.6 Å². The summed E-state index contributed by atoms with van der Waals surface area (Å²) in [5.74, 6) is 2.96. The Labute approximate surface area is 181 Å². The van der Waals surface area contributed by atoms with Crippen molar-refractivity contribution in [2.45, 2.75) is 19.4 Å². The molecule has 2 aliphatic rings. The van der Waals surface area contributed by atoms with Crippen molar-refractivity contribution in [3.8, 4) is 22.9 Å². The fraction of sp³-hybridized carbons (Fsp3) is 0.435. The van der Waals surface area contributed by atoms with Crippen molar-refractivity contribution in [3.05, 3.63) is 42.4 Å². The van der Waals surface area contributed by atoms with E-state index in [2.05, 4.69) is 21.4 Å². The van der Waals surface area contributed by atoms with Gasteiger partial charge in [0, 0.05) is 43.5 Å². The second-order valence-electron chi connectivity index (χ2n) is 9.14. The average molecular weight is 419 g/mol. The van der Waals surface area contributed by atoms with E-state index in [1.165, 1.54) is 0 Å². The van der Waals surface area contributed by atoms with Crippen LogP contribution in [0.5, 0.6) is 5.75 Å². The summed E-state index contributed by atoms with van der Waals surface area (Å²) in [7, 11) is 0. The molecular formula is C23H26N6O2. The van der Waals surface area contributed by atoms with Gasteiger partial charge in [0.1, 0.15) is 24.2 Å². The van der Waals surface area contributed by atoms with Crippen LogP contribution in [0.3, 0.4) is 0 Å². The predicted octanol–water partition coefficient (Wildman–Crippen LogP) is 2.07. The number of hydrogen-bond acceptors (Lipinski definition) is 7. The van der Waals surface area contributed by atoms with Gasteiger partial charge in [-0.1, -0.05) is 0 Å². The highest BCUT2D eigenvalue weighted by molar-refractivity contribution is 5.85. The first kappa shape index (κ1) is 19.8.